The van der Waals surface area contributed by atoms with Crippen LogP contribution in [0.15, 0.2) is 12.3 Å². The van der Waals surface area contributed by atoms with Gasteiger partial charge in [0.2, 0.25) is 10.0 Å². The Labute approximate surface area is 144 Å². The number of sulfonamides is 1. The summed E-state index contributed by atoms with van der Waals surface area (Å²) in [6, 6.07) is 1.84. The van der Waals surface area contributed by atoms with E-state index in [0.29, 0.717) is 53.4 Å². The lowest BCUT2D eigenvalue weighted by Crippen LogP contribution is -2.34. The minimum Gasteiger partial charge on any atom is -0.397 e. The zero-order chi connectivity index (χ0) is 17.5. The number of thiophene rings is 1. The fourth-order valence-corrected chi connectivity index (χ4v) is 4.75. The van der Waals surface area contributed by atoms with Crippen LogP contribution in [-0.2, 0) is 10.0 Å². The second kappa shape index (κ2) is 6.19. The second-order valence-corrected chi connectivity index (χ2v) is 8.70. The molecule has 24 heavy (non-hydrogen) atoms. The van der Waals surface area contributed by atoms with E-state index < -0.39 is 15.9 Å². The molecular formula is C14H19N5O3S2. The first kappa shape index (κ1) is 16.9. The topological polar surface area (TPSA) is 123 Å². The Morgan fingerprint density at radius 1 is 1.29 bits per heavy atom. The minimum atomic E-state index is -3.20. The number of carbonyl (C=O) groups is 1. The molecule has 0 saturated carbocycles. The van der Waals surface area contributed by atoms with Crippen molar-refractivity contribution in [2.45, 2.75) is 6.42 Å². The molecule has 0 spiro atoms. The van der Waals surface area contributed by atoms with E-state index in [2.05, 4.69) is 9.88 Å². The lowest BCUT2D eigenvalue weighted by Gasteiger charge is -2.24. The van der Waals surface area contributed by atoms with Crippen molar-refractivity contribution >= 4 is 48.9 Å². The molecule has 3 heterocycles. The van der Waals surface area contributed by atoms with Gasteiger partial charge < -0.3 is 16.4 Å². The van der Waals surface area contributed by atoms with E-state index in [9.17, 15) is 13.2 Å². The van der Waals surface area contributed by atoms with Gasteiger partial charge in [0.1, 0.15) is 9.71 Å². The number of rotatable bonds is 3. The number of amides is 1. The smallest absolute Gasteiger partial charge is 0.260 e. The fraction of sp³-hybridized carbons (Fsp3) is 0.429. The number of hydrogen-bond donors (Lipinski definition) is 2. The summed E-state index contributed by atoms with van der Waals surface area (Å²) in [7, 11) is -3.20. The Hall–Kier alpha value is -1.91. The van der Waals surface area contributed by atoms with Crippen molar-refractivity contribution in [3.8, 4) is 0 Å². The van der Waals surface area contributed by atoms with Crippen LogP contribution in [0.2, 0.25) is 0 Å². The molecule has 10 heteroatoms. The Morgan fingerprint density at radius 3 is 2.71 bits per heavy atom. The molecule has 3 rings (SSSR count). The fourth-order valence-electron chi connectivity index (χ4n) is 2.94. The van der Waals surface area contributed by atoms with Gasteiger partial charge >= 0.3 is 0 Å². The van der Waals surface area contributed by atoms with E-state index in [0.717, 1.165) is 5.69 Å². The number of fused-ring (bicyclic) bond motifs is 1. The summed E-state index contributed by atoms with van der Waals surface area (Å²) < 4.78 is 25.0. The molecule has 2 aromatic heterocycles. The average Bonchev–Trinajstić information content (AvgIpc) is 2.71. The number of pyridine rings is 1. The van der Waals surface area contributed by atoms with Gasteiger partial charge in [-0.15, -0.1) is 11.3 Å². The normalized spacial score (nSPS) is 17.1. The van der Waals surface area contributed by atoms with E-state index in [-0.39, 0.29) is 0 Å². The van der Waals surface area contributed by atoms with Crippen molar-refractivity contribution in [3.63, 3.8) is 0 Å². The molecule has 0 bridgehead atoms. The van der Waals surface area contributed by atoms with Crippen LogP contribution >= 0.6 is 11.3 Å². The van der Waals surface area contributed by atoms with Crippen LogP contribution in [0.5, 0.6) is 0 Å². The Bertz CT molecular complexity index is 893. The summed E-state index contributed by atoms with van der Waals surface area (Å²) in [6.07, 6.45) is 3.60. The molecule has 4 N–H and O–H groups in total. The van der Waals surface area contributed by atoms with Crippen LogP contribution in [-0.4, -0.2) is 56.0 Å². The molecule has 1 aliphatic heterocycles. The van der Waals surface area contributed by atoms with Gasteiger partial charge in [-0.05, 0) is 12.5 Å². The number of hydrogen-bond acceptors (Lipinski definition) is 7. The summed E-state index contributed by atoms with van der Waals surface area (Å²) in [4.78, 5) is 18.8. The third-order valence-corrected chi connectivity index (χ3v) is 6.53. The Kier molecular flexibility index (Phi) is 4.37. The van der Waals surface area contributed by atoms with Gasteiger partial charge in [0.15, 0.2) is 0 Å². The number of nitrogens with two attached hydrogens (primary N) is 2. The SMILES string of the molecule is CS(=O)(=O)N1CCCN(c2ccnc3sc(C(N)=O)c(N)c23)CC1. The first-order valence-electron chi connectivity index (χ1n) is 7.46. The third-order valence-electron chi connectivity index (χ3n) is 4.10. The second-order valence-electron chi connectivity index (χ2n) is 5.72. The van der Waals surface area contributed by atoms with E-state index in [1.165, 1.54) is 21.9 Å². The summed E-state index contributed by atoms with van der Waals surface area (Å²) in [5.74, 6) is -0.569. The number of nitrogens with zero attached hydrogens (tertiary/aromatic N) is 3. The molecule has 0 aromatic carbocycles. The molecule has 0 radical (unpaired) electrons. The van der Waals surface area contributed by atoms with E-state index >= 15 is 0 Å². The zero-order valence-electron chi connectivity index (χ0n) is 13.2. The zero-order valence-corrected chi connectivity index (χ0v) is 14.9. The maximum absolute atomic E-state index is 11.8. The first-order valence-corrected chi connectivity index (χ1v) is 10.1. The van der Waals surface area contributed by atoms with Crippen LogP contribution in [0.4, 0.5) is 11.4 Å². The number of primary amides is 1. The van der Waals surface area contributed by atoms with Crippen molar-refractivity contribution in [2.24, 2.45) is 5.73 Å². The summed E-state index contributed by atoms with van der Waals surface area (Å²) >= 11 is 1.18. The third kappa shape index (κ3) is 3.04. The molecule has 0 aliphatic carbocycles. The molecule has 0 unspecified atom stereocenters. The van der Waals surface area contributed by atoms with Crippen LogP contribution in [0.1, 0.15) is 16.1 Å². The highest BCUT2D eigenvalue weighted by molar-refractivity contribution is 7.88. The molecule has 1 aliphatic rings. The highest BCUT2D eigenvalue weighted by Crippen LogP contribution is 2.38. The molecule has 8 nitrogen and oxygen atoms in total. The van der Waals surface area contributed by atoms with Gasteiger partial charge in [0, 0.05) is 32.4 Å². The predicted octanol–water partition coefficient (Wildman–Crippen LogP) is 0.449. The van der Waals surface area contributed by atoms with Gasteiger partial charge in [0.05, 0.1) is 23.0 Å². The average molecular weight is 369 g/mol. The summed E-state index contributed by atoms with van der Waals surface area (Å²) in [5.41, 5.74) is 12.7. The van der Waals surface area contributed by atoms with Crippen molar-refractivity contribution in [1.29, 1.82) is 0 Å². The Morgan fingerprint density at radius 2 is 2.04 bits per heavy atom. The van der Waals surface area contributed by atoms with Gasteiger partial charge in [-0.25, -0.2) is 17.7 Å². The highest BCUT2D eigenvalue weighted by Gasteiger charge is 2.24. The summed E-state index contributed by atoms with van der Waals surface area (Å²) in [6.45, 7) is 2.16. The van der Waals surface area contributed by atoms with Gasteiger partial charge in [-0.1, -0.05) is 0 Å². The van der Waals surface area contributed by atoms with Crippen LogP contribution < -0.4 is 16.4 Å². The van der Waals surface area contributed by atoms with Crippen molar-refractivity contribution in [2.75, 3.05) is 43.1 Å². The standard InChI is InChI=1S/C14H19N5O3S2/c1-24(21,22)19-6-2-5-18(7-8-19)9-3-4-17-14-10(9)11(15)12(23-14)13(16)20/h3-4H,2,5-8,15H2,1H3,(H2,16,20). The largest absolute Gasteiger partial charge is 0.397 e. The van der Waals surface area contributed by atoms with Gasteiger partial charge in [-0.3, -0.25) is 4.79 Å². The number of carbonyl (C=O) groups excluding carboxylic acids is 1. The van der Waals surface area contributed by atoms with Crippen molar-refractivity contribution in [1.82, 2.24) is 9.29 Å². The van der Waals surface area contributed by atoms with Crippen LogP contribution in [0, 0.1) is 0 Å². The molecular weight excluding hydrogens is 350 g/mol. The van der Waals surface area contributed by atoms with Gasteiger partial charge in [-0.2, -0.15) is 0 Å². The molecule has 2 aromatic rings. The van der Waals surface area contributed by atoms with Crippen LogP contribution in [0.25, 0.3) is 10.2 Å². The molecule has 1 amide bonds. The highest BCUT2D eigenvalue weighted by atomic mass is 32.2. The molecule has 0 atom stereocenters. The van der Waals surface area contributed by atoms with E-state index in [1.54, 1.807) is 6.20 Å². The maximum atomic E-state index is 11.8. The number of nitrogen functional groups attached to an aromatic ring is 1. The molecule has 1 saturated heterocycles. The lowest BCUT2D eigenvalue weighted by molar-refractivity contribution is 0.100. The number of anilines is 2. The Balaban J connectivity index is 1.99. The van der Waals surface area contributed by atoms with Crippen LogP contribution in [0.3, 0.4) is 0 Å². The quantitative estimate of drug-likeness (QED) is 0.810. The number of aromatic nitrogens is 1. The van der Waals surface area contributed by atoms with E-state index in [4.69, 9.17) is 11.5 Å². The minimum absolute atomic E-state index is 0.303. The summed E-state index contributed by atoms with van der Waals surface area (Å²) in [5, 5.41) is 0.712. The van der Waals surface area contributed by atoms with Crippen molar-refractivity contribution < 1.29 is 13.2 Å². The first-order chi connectivity index (χ1) is 11.3. The van der Waals surface area contributed by atoms with E-state index in [1.807, 2.05) is 6.07 Å². The van der Waals surface area contributed by atoms with Crippen molar-refractivity contribution in [3.05, 3.63) is 17.1 Å². The predicted molar refractivity (Wildman–Crippen MR) is 95.8 cm³/mol. The molecule has 130 valence electrons. The molecule has 1 fully saturated rings. The monoisotopic (exact) mass is 369 g/mol. The maximum Gasteiger partial charge on any atom is 0.260 e. The van der Waals surface area contributed by atoms with Gasteiger partial charge in [0.25, 0.3) is 5.91 Å². The lowest BCUT2D eigenvalue weighted by atomic mass is 10.2.